The molecule has 0 aliphatic carbocycles. The molecule has 0 spiro atoms. The Labute approximate surface area is 75.9 Å². The molecule has 2 heterocycles. The van der Waals surface area contributed by atoms with Gasteiger partial charge in [0.2, 0.25) is 5.91 Å². The van der Waals surface area contributed by atoms with Crippen molar-refractivity contribution in [1.82, 2.24) is 15.1 Å². The van der Waals surface area contributed by atoms with Gasteiger partial charge in [-0.05, 0) is 6.07 Å². The van der Waals surface area contributed by atoms with Crippen LogP contribution in [0.5, 0.6) is 0 Å². The number of hydrogen-bond acceptors (Lipinski definition) is 3. The molecule has 0 saturated carbocycles. The van der Waals surface area contributed by atoms with E-state index in [2.05, 4.69) is 10.2 Å². The second-order valence-corrected chi connectivity index (χ2v) is 3.33. The highest BCUT2D eigenvalue weighted by Crippen LogP contribution is 2.28. The van der Waals surface area contributed by atoms with E-state index in [1.165, 1.54) is 0 Å². The van der Waals surface area contributed by atoms with Gasteiger partial charge >= 0.3 is 0 Å². The topological polar surface area (TPSA) is 75.0 Å². The molecule has 0 bridgehead atoms. The molecule has 0 aromatic carbocycles. The monoisotopic (exact) mass is 180 g/mol. The standard InChI is InChI=1S/C8H12N4O/c1-12-7(13)4-5(9)8(12)6-2-3-10-11-6/h2-3,5,8H,4,9H2,1H3,(H,10,11)/t5-,8-/m0/s1. The highest BCUT2D eigenvalue weighted by molar-refractivity contribution is 5.79. The summed E-state index contributed by atoms with van der Waals surface area (Å²) >= 11 is 0. The first-order valence-corrected chi connectivity index (χ1v) is 4.20. The Morgan fingerprint density at radius 1 is 1.77 bits per heavy atom. The average Bonchev–Trinajstić information content (AvgIpc) is 2.63. The van der Waals surface area contributed by atoms with E-state index in [9.17, 15) is 4.79 Å². The lowest BCUT2D eigenvalue weighted by molar-refractivity contribution is -0.127. The molecule has 0 radical (unpaired) electrons. The summed E-state index contributed by atoms with van der Waals surface area (Å²) in [6.45, 7) is 0. The molecule has 2 atom stereocenters. The van der Waals surface area contributed by atoms with Crippen molar-refractivity contribution in [3.8, 4) is 0 Å². The fourth-order valence-corrected chi connectivity index (χ4v) is 1.77. The minimum absolute atomic E-state index is 0.0463. The van der Waals surface area contributed by atoms with Crippen molar-refractivity contribution in [2.45, 2.75) is 18.5 Å². The molecule has 1 aromatic heterocycles. The second kappa shape index (κ2) is 2.85. The van der Waals surface area contributed by atoms with Gasteiger partial charge in [0.1, 0.15) is 0 Å². The third kappa shape index (κ3) is 1.21. The van der Waals surface area contributed by atoms with Gasteiger partial charge in [-0.3, -0.25) is 9.89 Å². The van der Waals surface area contributed by atoms with E-state index in [4.69, 9.17) is 5.73 Å². The van der Waals surface area contributed by atoms with Crippen molar-refractivity contribution in [3.63, 3.8) is 0 Å². The predicted molar refractivity (Wildman–Crippen MR) is 46.7 cm³/mol. The molecule has 1 aromatic rings. The van der Waals surface area contributed by atoms with Crippen molar-refractivity contribution in [3.05, 3.63) is 18.0 Å². The maximum absolute atomic E-state index is 11.3. The number of nitrogens with two attached hydrogens (primary N) is 1. The highest BCUT2D eigenvalue weighted by Gasteiger charge is 2.36. The van der Waals surface area contributed by atoms with Gasteiger partial charge in [-0.2, -0.15) is 5.10 Å². The second-order valence-electron chi connectivity index (χ2n) is 3.33. The maximum atomic E-state index is 11.3. The van der Waals surface area contributed by atoms with Crippen molar-refractivity contribution < 1.29 is 4.79 Å². The van der Waals surface area contributed by atoms with Gasteiger partial charge in [0.25, 0.3) is 0 Å². The number of likely N-dealkylation sites (tertiary alicyclic amines) is 1. The summed E-state index contributed by atoms with van der Waals surface area (Å²) in [5.41, 5.74) is 6.74. The van der Waals surface area contributed by atoms with Gasteiger partial charge in [-0.25, -0.2) is 0 Å². The van der Waals surface area contributed by atoms with Crippen LogP contribution >= 0.6 is 0 Å². The lowest BCUT2D eigenvalue weighted by atomic mass is 10.1. The first-order chi connectivity index (χ1) is 6.20. The third-order valence-electron chi connectivity index (χ3n) is 2.47. The number of aromatic nitrogens is 2. The van der Waals surface area contributed by atoms with Crippen LogP contribution in [0.25, 0.3) is 0 Å². The molecule has 3 N–H and O–H groups in total. The SMILES string of the molecule is CN1C(=O)C[C@H](N)[C@H]1c1ccn[nH]1. The lowest BCUT2D eigenvalue weighted by Crippen LogP contribution is -2.30. The number of nitrogens with one attached hydrogen (secondary N) is 1. The van der Waals surface area contributed by atoms with Crippen LogP contribution < -0.4 is 5.73 Å². The highest BCUT2D eigenvalue weighted by atomic mass is 16.2. The van der Waals surface area contributed by atoms with Crippen LogP contribution in [0, 0.1) is 0 Å². The Morgan fingerprint density at radius 2 is 2.54 bits per heavy atom. The zero-order valence-electron chi connectivity index (χ0n) is 7.40. The fraction of sp³-hybridized carbons (Fsp3) is 0.500. The number of carbonyl (C=O) groups excluding carboxylic acids is 1. The average molecular weight is 180 g/mol. The number of rotatable bonds is 1. The third-order valence-corrected chi connectivity index (χ3v) is 2.47. The van der Waals surface area contributed by atoms with Gasteiger partial charge in [-0.1, -0.05) is 0 Å². The summed E-state index contributed by atoms with van der Waals surface area (Å²) in [6, 6.07) is 1.67. The van der Waals surface area contributed by atoms with Crippen molar-refractivity contribution >= 4 is 5.91 Å². The van der Waals surface area contributed by atoms with E-state index in [1.807, 2.05) is 6.07 Å². The van der Waals surface area contributed by atoms with Gasteiger partial charge in [0, 0.05) is 25.7 Å². The summed E-state index contributed by atoms with van der Waals surface area (Å²) in [5, 5.41) is 6.68. The van der Waals surface area contributed by atoms with Crippen molar-refractivity contribution in [2.75, 3.05) is 7.05 Å². The molecular formula is C8H12N4O. The largest absolute Gasteiger partial charge is 0.336 e. The molecule has 1 fully saturated rings. The zero-order valence-corrected chi connectivity index (χ0v) is 7.40. The van der Waals surface area contributed by atoms with Gasteiger partial charge < -0.3 is 10.6 Å². The molecule has 1 saturated heterocycles. The molecule has 70 valence electrons. The number of nitrogens with zero attached hydrogens (tertiary/aromatic N) is 2. The van der Waals surface area contributed by atoms with Gasteiger partial charge in [0.05, 0.1) is 11.7 Å². The Morgan fingerprint density at radius 3 is 3.00 bits per heavy atom. The number of H-pyrrole nitrogens is 1. The Hall–Kier alpha value is -1.36. The van der Waals surface area contributed by atoms with Crippen LogP contribution in [0.1, 0.15) is 18.2 Å². The summed E-state index contributed by atoms with van der Waals surface area (Å²) < 4.78 is 0. The molecule has 2 rings (SSSR count). The Balaban J connectivity index is 2.29. The number of hydrogen-bond donors (Lipinski definition) is 2. The summed E-state index contributed by atoms with van der Waals surface area (Å²) in [5.74, 6) is 0.0899. The number of aromatic amines is 1. The molecule has 1 aliphatic rings. The zero-order chi connectivity index (χ0) is 9.42. The normalized spacial score (nSPS) is 28.5. The summed E-state index contributed by atoms with van der Waals surface area (Å²) in [4.78, 5) is 13.0. The quantitative estimate of drug-likeness (QED) is 0.619. The van der Waals surface area contributed by atoms with E-state index in [1.54, 1.807) is 18.1 Å². The lowest BCUT2D eigenvalue weighted by Gasteiger charge is -2.20. The molecule has 1 aliphatic heterocycles. The predicted octanol–water partition coefficient (Wildman–Crippen LogP) is -0.360. The molecular weight excluding hydrogens is 168 g/mol. The van der Waals surface area contributed by atoms with Crippen LogP contribution in [0.3, 0.4) is 0 Å². The first-order valence-electron chi connectivity index (χ1n) is 4.20. The maximum Gasteiger partial charge on any atom is 0.224 e. The van der Waals surface area contributed by atoms with Crippen LogP contribution in [0.2, 0.25) is 0 Å². The van der Waals surface area contributed by atoms with Crippen molar-refractivity contribution in [2.24, 2.45) is 5.73 Å². The van der Waals surface area contributed by atoms with Crippen molar-refractivity contribution in [1.29, 1.82) is 0 Å². The van der Waals surface area contributed by atoms with E-state index in [-0.39, 0.29) is 18.0 Å². The molecule has 5 nitrogen and oxygen atoms in total. The van der Waals surface area contributed by atoms with E-state index in [0.717, 1.165) is 5.69 Å². The Bertz CT molecular complexity index is 308. The van der Waals surface area contributed by atoms with Gasteiger partial charge in [-0.15, -0.1) is 0 Å². The minimum Gasteiger partial charge on any atom is -0.336 e. The van der Waals surface area contributed by atoms with Crippen LogP contribution in [-0.4, -0.2) is 34.1 Å². The van der Waals surface area contributed by atoms with Crippen LogP contribution in [0.15, 0.2) is 12.3 Å². The fourth-order valence-electron chi connectivity index (χ4n) is 1.77. The van der Waals surface area contributed by atoms with E-state index in [0.29, 0.717) is 6.42 Å². The first kappa shape index (κ1) is 8.25. The summed E-state index contributed by atoms with van der Waals surface area (Å²) in [6.07, 6.45) is 2.08. The number of amides is 1. The number of likely N-dealkylation sites (N-methyl/N-ethyl adjacent to an activating group) is 1. The smallest absolute Gasteiger partial charge is 0.224 e. The van der Waals surface area contributed by atoms with Crippen LogP contribution in [-0.2, 0) is 4.79 Å². The summed E-state index contributed by atoms with van der Waals surface area (Å²) in [7, 11) is 1.76. The van der Waals surface area contributed by atoms with E-state index >= 15 is 0 Å². The molecule has 1 amide bonds. The molecule has 5 heteroatoms. The Kier molecular flexibility index (Phi) is 1.81. The van der Waals surface area contributed by atoms with E-state index < -0.39 is 0 Å². The molecule has 0 unspecified atom stereocenters. The van der Waals surface area contributed by atoms with Gasteiger partial charge in [0.15, 0.2) is 0 Å². The minimum atomic E-state index is -0.127. The molecule has 13 heavy (non-hydrogen) atoms. The number of carbonyl (C=O) groups is 1. The van der Waals surface area contributed by atoms with Crippen LogP contribution in [0.4, 0.5) is 0 Å².